The number of methoxy groups -OCH3 is 1. The molecular weight excluding hydrogens is 318 g/mol. The second-order valence-electron chi connectivity index (χ2n) is 5.78. The van der Waals surface area contributed by atoms with Gasteiger partial charge in [0.25, 0.3) is 0 Å². The second-order valence-corrected chi connectivity index (χ2v) is 5.78. The van der Waals surface area contributed by atoms with Crippen LogP contribution in [0.3, 0.4) is 0 Å². The molecule has 5 nitrogen and oxygen atoms in total. The third-order valence-electron chi connectivity index (χ3n) is 4.02. The molecule has 1 heterocycles. The van der Waals surface area contributed by atoms with E-state index in [2.05, 4.69) is 4.98 Å². The monoisotopic (exact) mass is 337 g/mol. The first-order chi connectivity index (χ1) is 12.1. The van der Waals surface area contributed by atoms with Crippen molar-refractivity contribution in [3.8, 4) is 5.75 Å². The van der Waals surface area contributed by atoms with Gasteiger partial charge in [0, 0.05) is 22.2 Å². The van der Waals surface area contributed by atoms with Crippen LogP contribution in [0.2, 0.25) is 0 Å². The molecule has 0 aliphatic carbocycles. The predicted molar refractivity (Wildman–Crippen MR) is 95.0 cm³/mol. The highest BCUT2D eigenvalue weighted by Crippen LogP contribution is 2.22. The molecule has 1 N–H and O–H groups in total. The number of ketones is 1. The first-order valence-electron chi connectivity index (χ1n) is 7.97. The van der Waals surface area contributed by atoms with Gasteiger partial charge >= 0.3 is 5.97 Å². The summed E-state index contributed by atoms with van der Waals surface area (Å²) < 4.78 is 10.3. The number of Topliss-reactive ketones (excluding diaryl/α,β-unsaturated/α-hetero) is 1. The maximum Gasteiger partial charge on any atom is 0.310 e. The Morgan fingerprint density at radius 3 is 2.68 bits per heavy atom. The van der Waals surface area contributed by atoms with Gasteiger partial charge in [-0.1, -0.05) is 30.3 Å². The Morgan fingerprint density at radius 1 is 1.08 bits per heavy atom. The van der Waals surface area contributed by atoms with E-state index in [0.29, 0.717) is 11.3 Å². The minimum absolute atomic E-state index is 0.0946. The number of fused-ring (bicyclic) bond motifs is 1. The van der Waals surface area contributed by atoms with Gasteiger partial charge in [-0.15, -0.1) is 0 Å². The number of benzene rings is 2. The number of esters is 1. The molecule has 0 atom stereocenters. The number of rotatable bonds is 6. The summed E-state index contributed by atoms with van der Waals surface area (Å²) >= 11 is 0. The topological polar surface area (TPSA) is 68.4 Å². The number of aryl methyl sites for hydroxylation is 1. The van der Waals surface area contributed by atoms with Crippen molar-refractivity contribution in [2.75, 3.05) is 13.7 Å². The van der Waals surface area contributed by atoms with Crippen LogP contribution in [-0.2, 0) is 16.0 Å². The molecule has 0 aliphatic rings. The zero-order chi connectivity index (χ0) is 17.8. The van der Waals surface area contributed by atoms with Crippen molar-refractivity contribution in [3.63, 3.8) is 0 Å². The summed E-state index contributed by atoms with van der Waals surface area (Å²) in [6, 6.07) is 14.8. The van der Waals surface area contributed by atoms with E-state index in [1.165, 1.54) is 0 Å². The number of carbonyl (C=O) groups is 2. The molecule has 0 fully saturated rings. The Balaban J connectivity index is 1.65. The van der Waals surface area contributed by atoms with Crippen molar-refractivity contribution in [3.05, 3.63) is 65.4 Å². The normalized spacial score (nSPS) is 10.6. The van der Waals surface area contributed by atoms with Crippen LogP contribution in [0.5, 0.6) is 5.75 Å². The summed E-state index contributed by atoms with van der Waals surface area (Å²) in [6.07, 6.45) is 0.0946. The van der Waals surface area contributed by atoms with Crippen molar-refractivity contribution in [2.24, 2.45) is 0 Å². The van der Waals surface area contributed by atoms with Gasteiger partial charge in [0.15, 0.2) is 6.61 Å². The van der Waals surface area contributed by atoms with E-state index in [4.69, 9.17) is 9.47 Å². The molecule has 0 radical (unpaired) electrons. The van der Waals surface area contributed by atoms with Crippen molar-refractivity contribution in [2.45, 2.75) is 13.3 Å². The Bertz CT molecular complexity index is 926. The molecule has 3 rings (SSSR count). The van der Waals surface area contributed by atoms with E-state index in [-0.39, 0.29) is 18.8 Å². The summed E-state index contributed by atoms with van der Waals surface area (Å²) in [5.74, 6) is 0.0174. The van der Waals surface area contributed by atoms with E-state index in [1.54, 1.807) is 19.2 Å². The molecule has 0 unspecified atom stereocenters. The number of ether oxygens (including phenoxy) is 2. The fourth-order valence-electron chi connectivity index (χ4n) is 2.85. The van der Waals surface area contributed by atoms with Crippen LogP contribution in [0.15, 0.2) is 48.5 Å². The van der Waals surface area contributed by atoms with Crippen LogP contribution in [0.25, 0.3) is 10.9 Å². The van der Waals surface area contributed by atoms with Gasteiger partial charge in [0.05, 0.1) is 13.5 Å². The minimum atomic E-state index is -0.445. The zero-order valence-electron chi connectivity index (χ0n) is 14.2. The van der Waals surface area contributed by atoms with Crippen molar-refractivity contribution in [1.29, 1.82) is 0 Å². The standard InChI is InChI=1S/C20H19NO4/c1-13-20(16-8-3-4-9-17(16)21-13)18(22)12-25-19(23)11-14-6-5-7-15(10-14)24-2/h3-10,21H,11-12H2,1-2H3. The SMILES string of the molecule is COc1cccc(CC(=O)OCC(=O)c2c(C)[nH]c3ccccc23)c1. The Morgan fingerprint density at radius 2 is 1.88 bits per heavy atom. The smallest absolute Gasteiger partial charge is 0.310 e. The number of carbonyl (C=O) groups excluding carboxylic acids is 2. The number of aromatic amines is 1. The van der Waals surface area contributed by atoms with Crippen molar-refractivity contribution >= 4 is 22.7 Å². The number of para-hydroxylation sites is 1. The highest BCUT2D eigenvalue weighted by molar-refractivity contribution is 6.10. The maximum absolute atomic E-state index is 12.5. The highest BCUT2D eigenvalue weighted by atomic mass is 16.5. The molecule has 5 heteroatoms. The lowest BCUT2D eigenvalue weighted by molar-refractivity contribution is -0.141. The third-order valence-corrected chi connectivity index (χ3v) is 4.02. The van der Waals surface area contributed by atoms with E-state index in [9.17, 15) is 9.59 Å². The fraction of sp³-hybridized carbons (Fsp3) is 0.200. The Kier molecular flexibility index (Phi) is 4.84. The predicted octanol–water partition coefficient (Wildman–Crippen LogP) is 3.45. The quantitative estimate of drug-likeness (QED) is 0.552. The zero-order valence-corrected chi connectivity index (χ0v) is 14.2. The van der Waals surface area contributed by atoms with Gasteiger partial charge < -0.3 is 14.5 Å². The van der Waals surface area contributed by atoms with E-state index in [0.717, 1.165) is 22.2 Å². The van der Waals surface area contributed by atoms with Gasteiger partial charge in [0.1, 0.15) is 5.75 Å². The summed E-state index contributed by atoms with van der Waals surface area (Å²) in [6.45, 7) is 1.57. The average molecular weight is 337 g/mol. The van der Waals surface area contributed by atoms with Gasteiger partial charge in [-0.25, -0.2) is 0 Å². The third kappa shape index (κ3) is 3.71. The van der Waals surface area contributed by atoms with Crippen LogP contribution in [-0.4, -0.2) is 30.5 Å². The van der Waals surface area contributed by atoms with Crippen LogP contribution < -0.4 is 4.74 Å². The van der Waals surface area contributed by atoms with Crippen molar-refractivity contribution < 1.29 is 19.1 Å². The first kappa shape index (κ1) is 16.8. The van der Waals surface area contributed by atoms with Crippen LogP contribution >= 0.6 is 0 Å². The number of nitrogens with one attached hydrogen (secondary N) is 1. The van der Waals surface area contributed by atoms with Crippen LogP contribution in [0.4, 0.5) is 0 Å². The summed E-state index contributed by atoms with van der Waals surface area (Å²) in [5.41, 5.74) is 3.02. The van der Waals surface area contributed by atoms with Gasteiger partial charge in [-0.2, -0.15) is 0 Å². The largest absolute Gasteiger partial charge is 0.497 e. The van der Waals surface area contributed by atoms with E-state index < -0.39 is 5.97 Å². The minimum Gasteiger partial charge on any atom is -0.497 e. The lowest BCUT2D eigenvalue weighted by Crippen LogP contribution is -2.16. The van der Waals surface area contributed by atoms with E-state index in [1.807, 2.05) is 43.3 Å². The molecule has 1 aromatic heterocycles. The summed E-state index contributed by atoms with van der Waals surface area (Å²) in [4.78, 5) is 27.7. The number of hydrogen-bond acceptors (Lipinski definition) is 4. The van der Waals surface area contributed by atoms with Gasteiger partial charge in [0.2, 0.25) is 5.78 Å². The number of H-pyrrole nitrogens is 1. The van der Waals surface area contributed by atoms with Gasteiger partial charge in [-0.05, 0) is 30.7 Å². The second kappa shape index (κ2) is 7.21. The molecule has 3 aromatic rings. The molecular formula is C20H19NO4. The van der Waals surface area contributed by atoms with Crippen LogP contribution in [0, 0.1) is 6.92 Å². The van der Waals surface area contributed by atoms with E-state index >= 15 is 0 Å². The van der Waals surface area contributed by atoms with Crippen LogP contribution in [0.1, 0.15) is 21.6 Å². The van der Waals surface area contributed by atoms with Crippen molar-refractivity contribution in [1.82, 2.24) is 4.98 Å². The lowest BCUT2D eigenvalue weighted by atomic mass is 10.1. The molecule has 0 bridgehead atoms. The molecule has 0 saturated heterocycles. The fourth-order valence-corrected chi connectivity index (χ4v) is 2.85. The highest BCUT2D eigenvalue weighted by Gasteiger charge is 2.17. The molecule has 0 spiro atoms. The lowest BCUT2D eigenvalue weighted by Gasteiger charge is -2.06. The Hall–Kier alpha value is -3.08. The number of aromatic nitrogens is 1. The number of hydrogen-bond donors (Lipinski definition) is 1. The first-order valence-corrected chi connectivity index (χ1v) is 7.97. The summed E-state index contributed by atoms with van der Waals surface area (Å²) in [7, 11) is 1.57. The van der Waals surface area contributed by atoms with Gasteiger partial charge in [-0.3, -0.25) is 9.59 Å². The molecule has 128 valence electrons. The average Bonchev–Trinajstić information content (AvgIpc) is 2.95. The molecule has 25 heavy (non-hydrogen) atoms. The molecule has 0 aliphatic heterocycles. The Labute approximate surface area is 145 Å². The molecule has 0 amide bonds. The molecule has 0 saturated carbocycles. The molecule has 2 aromatic carbocycles. The summed E-state index contributed by atoms with van der Waals surface area (Å²) in [5, 5.41) is 0.842. The maximum atomic E-state index is 12.5.